The van der Waals surface area contributed by atoms with Crippen molar-refractivity contribution >= 4 is 5.69 Å². The van der Waals surface area contributed by atoms with E-state index in [1.807, 2.05) is 13.8 Å². The zero-order chi connectivity index (χ0) is 10.7. The lowest BCUT2D eigenvalue weighted by Crippen LogP contribution is -2.08. The van der Waals surface area contributed by atoms with Crippen LogP contribution < -0.4 is 5.73 Å². The Balaban J connectivity index is 3.20. The van der Waals surface area contributed by atoms with Crippen LogP contribution >= 0.6 is 0 Å². The Morgan fingerprint density at radius 2 is 2.21 bits per heavy atom. The molecular formula is C10H14N2O2. The second kappa shape index (κ2) is 4.19. The van der Waals surface area contributed by atoms with E-state index in [4.69, 9.17) is 5.73 Å². The minimum Gasteiger partial charge on any atom is -0.324 e. The van der Waals surface area contributed by atoms with Gasteiger partial charge in [-0.15, -0.1) is 0 Å². The molecule has 4 nitrogen and oxygen atoms in total. The summed E-state index contributed by atoms with van der Waals surface area (Å²) in [6.45, 7) is 3.84. The highest BCUT2D eigenvalue weighted by atomic mass is 16.6. The molecule has 76 valence electrons. The van der Waals surface area contributed by atoms with Crippen molar-refractivity contribution in [3.63, 3.8) is 0 Å². The molecule has 0 amide bonds. The molecule has 0 saturated carbocycles. The van der Waals surface area contributed by atoms with Crippen LogP contribution in [0.15, 0.2) is 18.2 Å². The van der Waals surface area contributed by atoms with Gasteiger partial charge in [0.1, 0.15) is 0 Å². The number of nitrogens with two attached hydrogens (primary N) is 1. The number of non-ortho nitro benzene ring substituents is 1. The molecule has 0 heterocycles. The van der Waals surface area contributed by atoms with Crippen molar-refractivity contribution in [2.75, 3.05) is 0 Å². The maximum Gasteiger partial charge on any atom is 0.269 e. The van der Waals surface area contributed by atoms with Crippen LogP contribution in [-0.4, -0.2) is 4.92 Å². The quantitative estimate of drug-likeness (QED) is 0.592. The molecule has 0 aromatic heterocycles. The Hall–Kier alpha value is -1.42. The van der Waals surface area contributed by atoms with Crippen molar-refractivity contribution in [1.29, 1.82) is 0 Å². The van der Waals surface area contributed by atoms with Crippen LogP contribution in [0.25, 0.3) is 0 Å². The van der Waals surface area contributed by atoms with Crippen LogP contribution in [-0.2, 0) is 6.42 Å². The van der Waals surface area contributed by atoms with Crippen LogP contribution in [0, 0.1) is 10.1 Å². The summed E-state index contributed by atoms with van der Waals surface area (Å²) >= 11 is 0. The van der Waals surface area contributed by atoms with E-state index in [0.29, 0.717) is 0 Å². The van der Waals surface area contributed by atoms with Crippen molar-refractivity contribution in [1.82, 2.24) is 0 Å². The van der Waals surface area contributed by atoms with E-state index in [1.165, 1.54) is 6.07 Å². The van der Waals surface area contributed by atoms with Crippen LogP contribution in [0.1, 0.15) is 31.0 Å². The SMILES string of the molecule is CCc1ccc([N+](=O)[O-])cc1[C@@H](C)N. The van der Waals surface area contributed by atoms with Gasteiger partial charge in [-0.05, 0) is 24.5 Å². The zero-order valence-electron chi connectivity index (χ0n) is 8.36. The third kappa shape index (κ3) is 2.09. The molecule has 0 bridgehead atoms. The molecule has 0 aliphatic heterocycles. The first-order valence-corrected chi connectivity index (χ1v) is 4.59. The Labute approximate surface area is 82.9 Å². The molecule has 14 heavy (non-hydrogen) atoms. The predicted molar refractivity (Wildman–Crippen MR) is 55.1 cm³/mol. The minimum absolute atomic E-state index is 0.106. The Morgan fingerprint density at radius 3 is 2.64 bits per heavy atom. The van der Waals surface area contributed by atoms with E-state index in [9.17, 15) is 10.1 Å². The molecule has 1 aromatic rings. The highest BCUT2D eigenvalue weighted by Crippen LogP contribution is 2.22. The Kier molecular flexibility index (Phi) is 3.19. The fourth-order valence-corrected chi connectivity index (χ4v) is 1.44. The highest BCUT2D eigenvalue weighted by Gasteiger charge is 2.11. The monoisotopic (exact) mass is 194 g/mol. The van der Waals surface area contributed by atoms with Gasteiger partial charge >= 0.3 is 0 Å². The largest absolute Gasteiger partial charge is 0.324 e. The second-order valence-corrected chi connectivity index (χ2v) is 3.28. The molecule has 2 N–H and O–H groups in total. The average molecular weight is 194 g/mol. The second-order valence-electron chi connectivity index (χ2n) is 3.28. The normalized spacial score (nSPS) is 12.5. The van der Waals surface area contributed by atoms with Crippen LogP contribution in [0.2, 0.25) is 0 Å². The van der Waals surface area contributed by atoms with Crippen LogP contribution in [0.3, 0.4) is 0 Å². The third-order valence-electron chi connectivity index (χ3n) is 2.21. The van der Waals surface area contributed by atoms with Crippen molar-refractivity contribution in [2.24, 2.45) is 5.73 Å². The topological polar surface area (TPSA) is 69.2 Å². The lowest BCUT2D eigenvalue weighted by Gasteiger charge is -2.10. The number of nitrogens with zero attached hydrogens (tertiary/aromatic N) is 1. The summed E-state index contributed by atoms with van der Waals surface area (Å²) in [6.07, 6.45) is 0.842. The highest BCUT2D eigenvalue weighted by molar-refractivity contribution is 5.41. The molecule has 0 spiro atoms. The van der Waals surface area contributed by atoms with E-state index in [2.05, 4.69) is 0 Å². The summed E-state index contributed by atoms with van der Waals surface area (Å²) in [5.74, 6) is 0. The number of aryl methyl sites for hydroxylation is 1. The minimum atomic E-state index is -0.397. The van der Waals surface area contributed by atoms with E-state index < -0.39 is 4.92 Å². The van der Waals surface area contributed by atoms with Crippen molar-refractivity contribution in [3.8, 4) is 0 Å². The van der Waals surface area contributed by atoms with E-state index in [0.717, 1.165) is 17.5 Å². The summed E-state index contributed by atoms with van der Waals surface area (Å²) in [5.41, 5.74) is 7.78. The number of nitro groups is 1. The Morgan fingerprint density at radius 1 is 1.57 bits per heavy atom. The lowest BCUT2D eigenvalue weighted by atomic mass is 9.99. The van der Waals surface area contributed by atoms with E-state index in [1.54, 1.807) is 12.1 Å². The van der Waals surface area contributed by atoms with Gasteiger partial charge in [-0.2, -0.15) is 0 Å². The molecule has 0 saturated heterocycles. The molecule has 1 atom stereocenters. The zero-order valence-corrected chi connectivity index (χ0v) is 8.36. The fraction of sp³-hybridized carbons (Fsp3) is 0.400. The molecule has 0 unspecified atom stereocenters. The molecular weight excluding hydrogens is 180 g/mol. The first-order valence-electron chi connectivity index (χ1n) is 4.59. The number of hydrogen-bond donors (Lipinski definition) is 1. The van der Waals surface area contributed by atoms with Gasteiger partial charge in [0.15, 0.2) is 0 Å². The van der Waals surface area contributed by atoms with Crippen molar-refractivity contribution in [3.05, 3.63) is 39.4 Å². The molecule has 0 radical (unpaired) electrons. The van der Waals surface area contributed by atoms with Crippen LogP contribution in [0.4, 0.5) is 5.69 Å². The van der Waals surface area contributed by atoms with Crippen molar-refractivity contribution < 1.29 is 4.92 Å². The maximum atomic E-state index is 10.5. The van der Waals surface area contributed by atoms with Gasteiger partial charge in [0.05, 0.1) is 4.92 Å². The van der Waals surface area contributed by atoms with Gasteiger partial charge in [-0.1, -0.05) is 13.0 Å². The van der Waals surface area contributed by atoms with Crippen LogP contribution in [0.5, 0.6) is 0 Å². The van der Waals surface area contributed by atoms with Gasteiger partial charge in [-0.3, -0.25) is 10.1 Å². The summed E-state index contributed by atoms with van der Waals surface area (Å²) in [6, 6.07) is 4.69. The lowest BCUT2D eigenvalue weighted by molar-refractivity contribution is -0.384. The van der Waals surface area contributed by atoms with Gasteiger partial charge < -0.3 is 5.73 Å². The number of nitro benzene ring substituents is 1. The summed E-state index contributed by atoms with van der Waals surface area (Å²) in [4.78, 5) is 10.1. The van der Waals surface area contributed by atoms with Crippen molar-refractivity contribution in [2.45, 2.75) is 26.3 Å². The van der Waals surface area contributed by atoms with Gasteiger partial charge in [0.25, 0.3) is 5.69 Å². The first kappa shape index (κ1) is 10.7. The van der Waals surface area contributed by atoms with E-state index in [-0.39, 0.29) is 11.7 Å². The third-order valence-corrected chi connectivity index (χ3v) is 2.21. The average Bonchev–Trinajstić information content (AvgIpc) is 2.16. The number of rotatable bonds is 3. The molecule has 0 fully saturated rings. The van der Waals surface area contributed by atoms with Gasteiger partial charge in [0.2, 0.25) is 0 Å². The number of benzene rings is 1. The Bertz CT molecular complexity index is 348. The summed E-state index contributed by atoms with van der Waals surface area (Å²) in [5, 5.41) is 10.5. The molecule has 4 heteroatoms. The van der Waals surface area contributed by atoms with Gasteiger partial charge in [-0.25, -0.2) is 0 Å². The summed E-state index contributed by atoms with van der Waals surface area (Å²) in [7, 11) is 0. The standard InChI is InChI=1S/C10H14N2O2/c1-3-8-4-5-9(12(13)14)6-10(8)7(2)11/h4-7H,3,11H2,1-2H3/t7-/m1/s1. The summed E-state index contributed by atoms with van der Waals surface area (Å²) < 4.78 is 0. The van der Waals surface area contributed by atoms with Gasteiger partial charge in [0, 0.05) is 18.2 Å². The first-order chi connectivity index (χ1) is 6.56. The maximum absolute atomic E-state index is 10.5. The molecule has 1 aromatic carbocycles. The predicted octanol–water partition coefficient (Wildman–Crippen LogP) is 2.18. The number of hydrogen-bond acceptors (Lipinski definition) is 3. The molecule has 1 rings (SSSR count). The smallest absolute Gasteiger partial charge is 0.269 e. The van der Waals surface area contributed by atoms with E-state index >= 15 is 0 Å². The molecule has 0 aliphatic carbocycles. The fourth-order valence-electron chi connectivity index (χ4n) is 1.44. The molecule has 0 aliphatic rings.